The first kappa shape index (κ1) is 10.7. The number of rotatable bonds is 3. The smallest absolute Gasteiger partial charge is 0.126 e. The molecule has 0 aromatic heterocycles. The summed E-state index contributed by atoms with van der Waals surface area (Å²) in [7, 11) is 1.72. The van der Waals surface area contributed by atoms with Gasteiger partial charge in [-0.1, -0.05) is 52.9 Å². The monoisotopic (exact) mass is 312 g/mol. The van der Waals surface area contributed by atoms with Gasteiger partial charge in [0.05, 0.1) is 7.11 Å². The molecule has 0 aliphatic carbocycles. The fraction of sp³-hybridized carbons (Fsp3) is 0.231. The predicted molar refractivity (Wildman–Crippen MR) is 73.1 cm³/mol. The molecule has 0 saturated carbocycles. The zero-order chi connectivity index (χ0) is 10.7. The van der Waals surface area contributed by atoms with Crippen LogP contribution >= 0.6 is 22.6 Å². The van der Waals surface area contributed by atoms with Crippen LogP contribution < -0.4 is 4.74 Å². The van der Waals surface area contributed by atoms with Gasteiger partial charge in [-0.15, -0.1) is 0 Å². The van der Waals surface area contributed by atoms with E-state index < -0.39 is 0 Å². The van der Waals surface area contributed by atoms with Crippen LogP contribution in [0, 0.1) is 0 Å². The van der Waals surface area contributed by atoms with E-state index >= 15 is 0 Å². The van der Waals surface area contributed by atoms with E-state index in [2.05, 4.69) is 52.9 Å². The highest BCUT2D eigenvalue weighted by Crippen LogP contribution is 2.28. The third-order valence-corrected chi connectivity index (χ3v) is 3.10. The molecule has 1 nitrogen and oxygen atoms in total. The van der Waals surface area contributed by atoms with Gasteiger partial charge in [-0.25, -0.2) is 0 Å². The van der Waals surface area contributed by atoms with Crippen LogP contribution in [0.15, 0.2) is 36.4 Å². The van der Waals surface area contributed by atoms with Gasteiger partial charge < -0.3 is 4.74 Å². The van der Waals surface area contributed by atoms with E-state index in [0.717, 1.165) is 16.6 Å². The molecule has 2 rings (SSSR count). The van der Waals surface area contributed by atoms with Crippen molar-refractivity contribution in [3.63, 3.8) is 0 Å². The fourth-order valence-electron chi connectivity index (χ4n) is 1.84. The van der Waals surface area contributed by atoms with E-state index in [1.54, 1.807) is 7.11 Å². The SMILES string of the molecule is COc1cccc2c(CCI)cccc12. The maximum Gasteiger partial charge on any atom is 0.126 e. The molecule has 0 heterocycles. The second kappa shape index (κ2) is 4.84. The van der Waals surface area contributed by atoms with Crippen molar-refractivity contribution in [3.05, 3.63) is 42.0 Å². The average molecular weight is 312 g/mol. The Morgan fingerprint density at radius 2 is 1.80 bits per heavy atom. The van der Waals surface area contributed by atoms with E-state index in [0.29, 0.717) is 0 Å². The summed E-state index contributed by atoms with van der Waals surface area (Å²) >= 11 is 2.41. The zero-order valence-corrected chi connectivity index (χ0v) is 10.8. The van der Waals surface area contributed by atoms with Gasteiger partial charge in [0.2, 0.25) is 0 Å². The molecule has 0 aliphatic heterocycles. The minimum atomic E-state index is 0.961. The molecule has 0 amide bonds. The summed E-state index contributed by atoms with van der Waals surface area (Å²) in [5, 5.41) is 2.52. The van der Waals surface area contributed by atoms with Crippen LogP contribution in [0.2, 0.25) is 0 Å². The third-order valence-electron chi connectivity index (χ3n) is 2.56. The largest absolute Gasteiger partial charge is 0.496 e. The van der Waals surface area contributed by atoms with E-state index in [9.17, 15) is 0 Å². The molecule has 0 N–H and O–H groups in total. The van der Waals surface area contributed by atoms with Crippen molar-refractivity contribution in [2.45, 2.75) is 6.42 Å². The zero-order valence-electron chi connectivity index (χ0n) is 8.66. The summed E-state index contributed by atoms with van der Waals surface area (Å²) in [5.41, 5.74) is 1.40. The topological polar surface area (TPSA) is 9.23 Å². The molecule has 0 fully saturated rings. The van der Waals surface area contributed by atoms with Gasteiger partial charge in [-0.05, 0) is 23.4 Å². The van der Waals surface area contributed by atoms with Crippen molar-refractivity contribution < 1.29 is 4.74 Å². The van der Waals surface area contributed by atoms with E-state index in [-0.39, 0.29) is 0 Å². The van der Waals surface area contributed by atoms with Crippen LogP contribution in [0.25, 0.3) is 10.8 Å². The second-order valence-corrected chi connectivity index (χ2v) is 4.49. The molecule has 0 unspecified atom stereocenters. The van der Waals surface area contributed by atoms with Gasteiger partial charge in [0.1, 0.15) is 5.75 Å². The Morgan fingerprint density at radius 1 is 1.07 bits per heavy atom. The lowest BCUT2D eigenvalue weighted by Gasteiger charge is -2.08. The molecule has 15 heavy (non-hydrogen) atoms. The summed E-state index contributed by atoms with van der Waals surface area (Å²) in [6.07, 6.45) is 1.12. The minimum absolute atomic E-state index is 0.961. The quantitative estimate of drug-likeness (QED) is 0.618. The number of aryl methyl sites for hydroxylation is 1. The van der Waals surface area contributed by atoms with Crippen molar-refractivity contribution in [2.24, 2.45) is 0 Å². The predicted octanol–water partition coefficient (Wildman–Crippen LogP) is 3.83. The Bertz CT molecular complexity index is 465. The maximum atomic E-state index is 5.36. The summed E-state index contributed by atoms with van der Waals surface area (Å²) in [4.78, 5) is 0. The first-order chi connectivity index (χ1) is 7.36. The summed E-state index contributed by atoms with van der Waals surface area (Å²) in [6, 6.07) is 12.6. The number of alkyl halides is 1. The lowest BCUT2D eigenvalue weighted by Crippen LogP contribution is -1.90. The highest BCUT2D eigenvalue weighted by Gasteiger charge is 2.03. The van der Waals surface area contributed by atoms with Gasteiger partial charge in [-0.3, -0.25) is 0 Å². The lowest BCUT2D eigenvalue weighted by atomic mass is 10.0. The summed E-state index contributed by atoms with van der Waals surface area (Å²) in [6.45, 7) is 0. The number of hydrogen-bond donors (Lipinski definition) is 0. The van der Waals surface area contributed by atoms with Crippen LogP contribution in [0.3, 0.4) is 0 Å². The first-order valence-electron chi connectivity index (χ1n) is 4.97. The number of fused-ring (bicyclic) bond motifs is 1. The van der Waals surface area contributed by atoms with Crippen LogP contribution in [0.4, 0.5) is 0 Å². The molecule has 0 aliphatic rings. The highest BCUT2D eigenvalue weighted by atomic mass is 127. The Kier molecular flexibility index (Phi) is 3.46. The van der Waals surface area contributed by atoms with Gasteiger partial charge in [0.25, 0.3) is 0 Å². The molecule has 2 heteroatoms. The van der Waals surface area contributed by atoms with E-state index in [1.165, 1.54) is 16.3 Å². The molecule has 2 aromatic carbocycles. The summed E-state index contributed by atoms with van der Waals surface area (Å²) < 4.78 is 6.51. The van der Waals surface area contributed by atoms with Crippen LogP contribution in [0.1, 0.15) is 5.56 Å². The molecule has 0 spiro atoms. The standard InChI is InChI=1S/C13H13IO/c1-15-13-7-3-5-11-10(8-9-14)4-2-6-12(11)13/h2-7H,8-9H2,1H3. The average Bonchev–Trinajstić information content (AvgIpc) is 2.29. The van der Waals surface area contributed by atoms with Crippen LogP contribution in [-0.2, 0) is 6.42 Å². The maximum absolute atomic E-state index is 5.36. The lowest BCUT2D eigenvalue weighted by molar-refractivity contribution is 0.420. The molecule has 0 radical (unpaired) electrons. The van der Waals surface area contributed by atoms with Gasteiger partial charge >= 0.3 is 0 Å². The van der Waals surface area contributed by atoms with Gasteiger partial charge in [0, 0.05) is 9.81 Å². The molecule has 0 atom stereocenters. The van der Waals surface area contributed by atoms with Crippen molar-refractivity contribution in [3.8, 4) is 5.75 Å². The second-order valence-electron chi connectivity index (χ2n) is 3.41. The minimum Gasteiger partial charge on any atom is -0.496 e. The van der Waals surface area contributed by atoms with Crippen LogP contribution in [0.5, 0.6) is 5.75 Å². The first-order valence-corrected chi connectivity index (χ1v) is 6.50. The number of halogens is 1. The van der Waals surface area contributed by atoms with Gasteiger partial charge in [-0.2, -0.15) is 0 Å². The number of hydrogen-bond acceptors (Lipinski definition) is 1. The Morgan fingerprint density at radius 3 is 2.53 bits per heavy atom. The normalized spacial score (nSPS) is 10.5. The third kappa shape index (κ3) is 2.09. The Balaban J connectivity index is 2.65. The molecule has 0 saturated heterocycles. The molecular weight excluding hydrogens is 299 g/mol. The number of methoxy groups -OCH3 is 1. The van der Waals surface area contributed by atoms with E-state index in [4.69, 9.17) is 4.74 Å². The number of benzene rings is 2. The van der Waals surface area contributed by atoms with Crippen molar-refractivity contribution in [1.29, 1.82) is 0 Å². The molecular formula is C13H13IO. The van der Waals surface area contributed by atoms with Gasteiger partial charge in [0.15, 0.2) is 0 Å². The summed E-state index contributed by atoms with van der Waals surface area (Å²) in [5.74, 6) is 0.961. The molecule has 78 valence electrons. The van der Waals surface area contributed by atoms with Crippen molar-refractivity contribution >= 4 is 33.4 Å². The molecule has 2 aromatic rings. The van der Waals surface area contributed by atoms with Crippen LogP contribution in [-0.4, -0.2) is 11.5 Å². The van der Waals surface area contributed by atoms with Crippen molar-refractivity contribution in [2.75, 3.05) is 11.5 Å². The van der Waals surface area contributed by atoms with Crippen molar-refractivity contribution in [1.82, 2.24) is 0 Å². The Labute approximate surface area is 104 Å². The highest BCUT2D eigenvalue weighted by molar-refractivity contribution is 14.1. The molecule has 0 bridgehead atoms. The number of ether oxygens (including phenoxy) is 1. The van der Waals surface area contributed by atoms with E-state index in [1.807, 2.05) is 6.07 Å². The Hall–Kier alpha value is -0.770. The fourth-order valence-corrected chi connectivity index (χ4v) is 2.43.